The van der Waals surface area contributed by atoms with Gasteiger partial charge in [0.1, 0.15) is 5.75 Å². The van der Waals surface area contributed by atoms with Gasteiger partial charge >= 0.3 is 25.9 Å². The number of nitrogens with one attached hydrogen (secondary N) is 3. The van der Waals surface area contributed by atoms with E-state index in [2.05, 4.69) is 30.6 Å². The number of carbonyl (C=O) groups excluding carboxylic acids is 3. The Hall–Kier alpha value is -6.74. The quantitative estimate of drug-likeness (QED) is 0.0321. The summed E-state index contributed by atoms with van der Waals surface area (Å²) < 4.78 is 72.3. The molecule has 0 aliphatic carbocycles. The number of aliphatic carboxylic acids is 1. The number of H-pyrrole nitrogens is 1. The molecule has 0 aliphatic heterocycles. The Kier molecular flexibility index (Phi) is 17.2. The van der Waals surface area contributed by atoms with Gasteiger partial charge in [0.15, 0.2) is 11.2 Å². The zero-order chi connectivity index (χ0) is 45.5. The van der Waals surface area contributed by atoms with Crippen molar-refractivity contribution < 1.29 is 60.3 Å². The molecular weight excluding hydrogens is 844 g/mol. The van der Waals surface area contributed by atoms with E-state index in [0.29, 0.717) is 42.0 Å². The molecule has 5 aromatic rings. The van der Waals surface area contributed by atoms with Crippen molar-refractivity contribution in [1.82, 2.24) is 19.9 Å². The summed E-state index contributed by atoms with van der Waals surface area (Å²) in [6.07, 6.45) is -3.66. The summed E-state index contributed by atoms with van der Waals surface area (Å²) in [7, 11) is -3.65. The number of fused-ring (bicyclic) bond motifs is 1. The van der Waals surface area contributed by atoms with Crippen molar-refractivity contribution in [1.29, 1.82) is 0 Å². The SMILES string of the molecule is CCOP(=O)(OCC)OCCc1ccc(NC(=O)c2ccc(C(F)(F)F)cc2OC(=O)CCCC(=O)O)cc1.NC(=O)c1ccc(NCc2cnc3nc(N)[nH]c(=O)c3n2)cc1. The second kappa shape index (κ2) is 22.2. The van der Waals surface area contributed by atoms with Gasteiger partial charge in [-0.2, -0.15) is 18.2 Å². The van der Waals surface area contributed by atoms with Crippen LogP contribution < -0.4 is 32.4 Å². The molecule has 0 unspecified atom stereocenters. The second-order valence-corrected chi connectivity index (χ2v) is 14.4. The molecule has 0 bridgehead atoms. The molecule has 3 aromatic carbocycles. The van der Waals surface area contributed by atoms with Gasteiger partial charge in [0.05, 0.1) is 49.4 Å². The van der Waals surface area contributed by atoms with Gasteiger partial charge in [-0.3, -0.25) is 42.5 Å². The van der Waals surface area contributed by atoms with E-state index in [-0.39, 0.29) is 61.8 Å². The molecule has 0 atom stereocenters. The number of phosphoric acid groups is 1. The van der Waals surface area contributed by atoms with E-state index >= 15 is 0 Å². The van der Waals surface area contributed by atoms with Crippen LogP contribution in [0.3, 0.4) is 0 Å². The lowest BCUT2D eigenvalue weighted by atomic mass is 10.1. The highest BCUT2D eigenvalue weighted by Crippen LogP contribution is 2.49. The van der Waals surface area contributed by atoms with Crippen molar-refractivity contribution in [3.63, 3.8) is 0 Å². The van der Waals surface area contributed by atoms with Gasteiger partial charge in [0, 0.05) is 29.8 Å². The topological polar surface area (TPSA) is 290 Å². The molecule has 23 heteroatoms. The first-order valence-corrected chi connectivity index (χ1v) is 20.1. The second-order valence-electron chi connectivity index (χ2n) is 12.7. The predicted molar refractivity (Wildman–Crippen MR) is 218 cm³/mol. The maximum Gasteiger partial charge on any atom is 0.474 e. The number of halogens is 3. The average Bonchev–Trinajstić information content (AvgIpc) is 3.21. The number of hydrogen-bond donors (Lipinski definition) is 6. The number of phosphoric ester groups is 1. The van der Waals surface area contributed by atoms with Crippen LogP contribution in [0.4, 0.5) is 30.5 Å². The molecule has 5 rings (SSSR count). The minimum atomic E-state index is -4.75. The Balaban J connectivity index is 0.000000309. The molecule has 62 heavy (non-hydrogen) atoms. The Bertz CT molecular complexity index is 2460. The van der Waals surface area contributed by atoms with Crippen LogP contribution in [0, 0.1) is 0 Å². The van der Waals surface area contributed by atoms with E-state index in [1.165, 1.54) is 6.20 Å². The fourth-order valence-electron chi connectivity index (χ4n) is 5.19. The number of carbonyl (C=O) groups is 4. The minimum Gasteiger partial charge on any atom is -0.481 e. The van der Waals surface area contributed by atoms with Gasteiger partial charge < -0.3 is 31.9 Å². The molecular formula is C39H42F3N8O11P. The molecule has 0 saturated heterocycles. The van der Waals surface area contributed by atoms with Crippen molar-refractivity contribution in [3.05, 3.63) is 111 Å². The minimum absolute atomic E-state index is 0.00258. The number of hydrogen-bond acceptors (Lipinski definition) is 15. The molecule has 0 spiro atoms. The number of nitrogen functional groups attached to an aromatic ring is 1. The van der Waals surface area contributed by atoms with Gasteiger partial charge in [0.2, 0.25) is 11.9 Å². The van der Waals surface area contributed by atoms with Crippen LogP contribution in [-0.4, -0.2) is 68.6 Å². The zero-order valence-corrected chi connectivity index (χ0v) is 34.1. The molecule has 0 radical (unpaired) electrons. The number of primary amides is 1. The lowest BCUT2D eigenvalue weighted by Gasteiger charge is -2.16. The summed E-state index contributed by atoms with van der Waals surface area (Å²) in [5, 5.41) is 14.3. The van der Waals surface area contributed by atoms with Gasteiger partial charge in [0.25, 0.3) is 11.5 Å². The molecule has 0 saturated carbocycles. The number of nitrogens with two attached hydrogens (primary N) is 2. The summed E-state index contributed by atoms with van der Waals surface area (Å²) in [6.45, 7) is 4.00. The first-order chi connectivity index (χ1) is 29.4. The largest absolute Gasteiger partial charge is 0.481 e. The summed E-state index contributed by atoms with van der Waals surface area (Å²) in [5.41, 5.74) is 11.9. The predicted octanol–water partition coefficient (Wildman–Crippen LogP) is 5.86. The molecule has 2 heterocycles. The van der Waals surface area contributed by atoms with E-state index in [0.717, 1.165) is 17.3 Å². The molecule has 330 valence electrons. The number of anilines is 3. The van der Waals surface area contributed by atoms with Gasteiger partial charge in [-0.05, 0) is 86.8 Å². The number of alkyl halides is 3. The Labute approximate surface area is 351 Å². The number of carboxylic acids is 1. The maximum absolute atomic E-state index is 13.2. The number of carboxylic acid groups (broad SMARTS) is 1. The van der Waals surface area contributed by atoms with Gasteiger partial charge in [-0.25, -0.2) is 14.5 Å². The number of esters is 1. The fourth-order valence-corrected chi connectivity index (χ4v) is 6.36. The number of amides is 2. The monoisotopic (exact) mass is 886 g/mol. The molecule has 0 aliphatic rings. The zero-order valence-electron chi connectivity index (χ0n) is 33.2. The molecule has 2 amide bonds. The Morgan fingerprint density at radius 1 is 0.903 bits per heavy atom. The maximum atomic E-state index is 13.2. The lowest BCUT2D eigenvalue weighted by Crippen LogP contribution is -2.17. The van der Waals surface area contributed by atoms with E-state index in [1.54, 1.807) is 62.4 Å². The van der Waals surface area contributed by atoms with Crippen molar-refractivity contribution in [3.8, 4) is 5.75 Å². The number of aromatic amines is 1. The molecule has 2 aromatic heterocycles. The van der Waals surface area contributed by atoms with E-state index < -0.39 is 54.6 Å². The van der Waals surface area contributed by atoms with Crippen LogP contribution in [0.25, 0.3) is 11.2 Å². The summed E-state index contributed by atoms with van der Waals surface area (Å²) in [4.78, 5) is 72.9. The van der Waals surface area contributed by atoms with Gasteiger partial charge in [-0.1, -0.05) is 12.1 Å². The Morgan fingerprint density at radius 3 is 2.18 bits per heavy atom. The highest BCUT2D eigenvalue weighted by Gasteiger charge is 2.32. The third kappa shape index (κ3) is 14.8. The van der Waals surface area contributed by atoms with Crippen LogP contribution >= 0.6 is 7.82 Å². The normalized spacial score (nSPS) is 11.3. The van der Waals surface area contributed by atoms with Crippen LogP contribution in [0.15, 0.2) is 77.7 Å². The number of benzene rings is 3. The van der Waals surface area contributed by atoms with Gasteiger partial charge in [-0.15, -0.1) is 0 Å². The first-order valence-electron chi connectivity index (χ1n) is 18.6. The van der Waals surface area contributed by atoms with Crippen molar-refractivity contribution in [2.45, 2.75) is 52.3 Å². The highest BCUT2D eigenvalue weighted by molar-refractivity contribution is 7.48. The lowest BCUT2D eigenvalue weighted by molar-refractivity contribution is -0.140. The summed E-state index contributed by atoms with van der Waals surface area (Å²) >= 11 is 0. The van der Waals surface area contributed by atoms with Crippen molar-refractivity contribution >= 4 is 60.1 Å². The first kappa shape index (κ1) is 47.9. The number of rotatable bonds is 19. The molecule has 8 N–H and O–H groups in total. The molecule has 19 nitrogen and oxygen atoms in total. The smallest absolute Gasteiger partial charge is 0.474 e. The van der Waals surface area contributed by atoms with Crippen LogP contribution in [-0.2, 0) is 46.9 Å². The van der Waals surface area contributed by atoms with Crippen LogP contribution in [0.5, 0.6) is 5.75 Å². The molecule has 0 fully saturated rings. The van der Waals surface area contributed by atoms with Crippen LogP contribution in [0.1, 0.15) is 70.6 Å². The summed E-state index contributed by atoms with van der Waals surface area (Å²) in [5.74, 6) is -4.04. The third-order valence-electron chi connectivity index (χ3n) is 8.10. The fraction of sp³-hybridized carbons (Fsp3) is 0.282. The van der Waals surface area contributed by atoms with E-state index in [4.69, 9.17) is 34.9 Å². The van der Waals surface area contributed by atoms with Crippen LogP contribution in [0.2, 0.25) is 0 Å². The number of ether oxygens (including phenoxy) is 1. The number of aromatic nitrogens is 4. The van der Waals surface area contributed by atoms with Crippen molar-refractivity contribution in [2.75, 3.05) is 36.2 Å². The van der Waals surface area contributed by atoms with Crippen molar-refractivity contribution in [2.24, 2.45) is 5.73 Å². The third-order valence-corrected chi connectivity index (χ3v) is 9.75. The highest BCUT2D eigenvalue weighted by atomic mass is 31.2. The van der Waals surface area contributed by atoms with E-state index in [1.807, 2.05) is 0 Å². The average molecular weight is 887 g/mol. The Morgan fingerprint density at radius 2 is 1.56 bits per heavy atom. The number of nitrogens with zero attached hydrogens (tertiary/aromatic N) is 3. The standard InChI is InChI=1S/C25H29F3NO9P.C14H13N7O2/c1-3-35-39(34,36-4-2)37-15-14-17-8-11-19(12-9-17)29-24(33)20-13-10-18(25(26,27)28)16-21(20)38-23(32)7-5-6-22(30)31;15-11(22)7-1-3-8(4-2-7)17-5-9-6-18-12-10(19-9)13(23)21-14(16)20-12/h8-13,16H,3-7,14-15H2,1-2H3,(H,29,33)(H,30,31);1-4,6,17H,5H2,(H2,15,22)(H3,16,18,20,21,23). The van der Waals surface area contributed by atoms with E-state index in [9.17, 15) is 41.7 Å². The summed E-state index contributed by atoms with van der Waals surface area (Å²) in [6, 6.07) is 15.2.